The number of ether oxygens (including phenoxy) is 3. The molecule has 0 radical (unpaired) electrons. The Kier molecular flexibility index (Phi) is 10.0. The van der Waals surface area contributed by atoms with Gasteiger partial charge in [-0.15, -0.1) is 0 Å². The zero-order chi connectivity index (χ0) is 30.7. The van der Waals surface area contributed by atoms with Crippen molar-refractivity contribution in [1.29, 1.82) is 0 Å². The van der Waals surface area contributed by atoms with Crippen LogP contribution in [-0.4, -0.2) is 23.8 Å². The van der Waals surface area contributed by atoms with Crippen LogP contribution in [0.25, 0.3) is 6.08 Å². The third-order valence-electron chi connectivity index (χ3n) is 6.67. The van der Waals surface area contributed by atoms with E-state index in [0.717, 1.165) is 18.3 Å². The minimum absolute atomic E-state index is 0.102. The number of thiazole rings is 1. The molecule has 1 aromatic heterocycles. The molecule has 1 aliphatic rings. The molecule has 0 saturated heterocycles. The third kappa shape index (κ3) is 6.73. The summed E-state index contributed by atoms with van der Waals surface area (Å²) in [5, 5.41) is 0. The predicted octanol–water partition coefficient (Wildman–Crippen LogP) is 6.12. The van der Waals surface area contributed by atoms with Crippen molar-refractivity contribution in [2.75, 3.05) is 13.2 Å². The van der Waals surface area contributed by atoms with E-state index in [1.807, 2.05) is 49.4 Å². The molecule has 1 atom stereocenters. The number of hydrogen-bond acceptors (Lipinski definition) is 7. The fourth-order valence-electron chi connectivity index (χ4n) is 4.74. The van der Waals surface area contributed by atoms with E-state index >= 15 is 0 Å². The Bertz CT molecular complexity index is 1880. The number of allylic oxidation sites excluding steroid dienone is 1. The molecule has 0 aliphatic carbocycles. The maximum atomic E-state index is 14.1. The monoisotopic (exact) mass is 824 g/mol. The molecule has 0 saturated carbocycles. The van der Waals surface area contributed by atoms with Crippen molar-refractivity contribution in [3.05, 3.63) is 121 Å². The number of carbonyl (C=O) groups excluding carboxylic acids is 1. The van der Waals surface area contributed by atoms with Crippen molar-refractivity contribution >= 4 is 68.6 Å². The number of halogens is 3. The van der Waals surface area contributed by atoms with Gasteiger partial charge in [0, 0.05) is 5.56 Å². The molecule has 0 spiro atoms. The lowest BCUT2D eigenvalue weighted by Gasteiger charge is -2.24. The Morgan fingerprint density at radius 3 is 2.40 bits per heavy atom. The van der Waals surface area contributed by atoms with E-state index in [1.54, 1.807) is 36.6 Å². The molecule has 222 valence electrons. The molecule has 0 N–H and O–H groups in total. The zero-order valence-corrected chi connectivity index (χ0v) is 28.7. The van der Waals surface area contributed by atoms with Crippen molar-refractivity contribution in [3.8, 4) is 11.5 Å². The number of fused-ring (bicyclic) bond motifs is 1. The van der Waals surface area contributed by atoms with Gasteiger partial charge in [0.1, 0.15) is 23.9 Å². The molecule has 11 heteroatoms. The van der Waals surface area contributed by atoms with Crippen LogP contribution in [0.15, 0.2) is 81.7 Å². The normalized spacial score (nSPS) is 14.7. The Hall–Kier alpha value is -3.04. The Labute approximate surface area is 279 Å². The second kappa shape index (κ2) is 13.7. The lowest BCUT2D eigenvalue weighted by molar-refractivity contribution is -0.139. The third-order valence-corrected chi connectivity index (χ3v) is 9.26. The summed E-state index contributed by atoms with van der Waals surface area (Å²) < 4.78 is 34.7. The van der Waals surface area contributed by atoms with Crippen molar-refractivity contribution in [3.63, 3.8) is 0 Å². The largest absolute Gasteiger partial charge is 0.494 e. The molecule has 7 nitrogen and oxygen atoms in total. The number of carbonyl (C=O) groups is 1. The average Bonchev–Trinajstić information content (AvgIpc) is 3.27. The van der Waals surface area contributed by atoms with Crippen molar-refractivity contribution in [2.45, 2.75) is 33.4 Å². The van der Waals surface area contributed by atoms with Gasteiger partial charge in [-0.2, -0.15) is 0 Å². The lowest BCUT2D eigenvalue weighted by Crippen LogP contribution is -2.39. The molecule has 3 aromatic carbocycles. The van der Waals surface area contributed by atoms with Crippen LogP contribution >= 0.6 is 56.5 Å². The molecule has 0 amide bonds. The summed E-state index contributed by atoms with van der Waals surface area (Å²) in [6, 6.07) is 17.0. The fourth-order valence-corrected chi connectivity index (χ4v) is 7.91. The Balaban J connectivity index is 1.55. The Morgan fingerprint density at radius 2 is 1.74 bits per heavy atom. The van der Waals surface area contributed by atoms with E-state index in [0.29, 0.717) is 44.3 Å². The standard InChI is InChI=1S/C32H27FI2N2O5S/c1-4-40-22-12-10-20(11-13-22)28-27(31(39)41-5-2)18(3)36-32-37(28)30(38)26(43-32)16-19-14-24(34)29(25(35)15-19)42-17-21-8-6-7-9-23(21)33/h6-16,28H,4-5,17H2,1-3H3/b26-16+/t28-/m1/s1. The number of aromatic nitrogens is 1. The first-order valence-electron chi connectivity index (χ1n) is 13.5. The molecule has 5 rings (SSSR count). The molecule has 0 unspecified atom stereocenters. The van der Waals surface area contributed by atoms with E-state index in [9.17, 15) is 14.0 Å². The summed E-state index contributed by atoms with van der Waals surface area (Å²) >= 11 is 5.62. The Morgan fingerprint density at radius 1 is 1.05 bits per heavy atom. The van der Waals surface area contributed by atoms with E-state index in [4.69, 9.17) is 14.2 Å². The van der Waals surface area contributed by atoms with Crippen LogP contribution in [0.5, 0.6) is 11.5 Å². The molecule has 4 aromatic rings. The highest BCUT2D eigenvalue weighted by molar-refractivity contribution is 14.1. The number of rotatable bonds is 9. The lowest BCUT2D eigenvalue weighted by atomic mass is 9.96. The number of hydrogen-bond donors (Lipinski definition) is 0. The highest BCUT2D eigenvalue weighted by Crippen LogP contribution is 2.32. The maximum Gasteiger partial charge on any atom is 0.338 e. The van der Waals surface area contributed by atoms with Gasteiger partial charge in [-0.1, -0.05) is 41.7 Å². The zero-order valence-electron chi connectivity index (χ0n) is 23.5. The van der Waals surface area contributed by atoms with Crippen molar-refractivity contribution in [2.24, 2.45) is 4.99 Å². The van der Waals surface area contributed by atoms with E-state index in [1.165, 1.54) is 17.4 Å². The van der Waals surface area contributed by atoms with Gasteiger partial charge >= 0.3 is 5.97 Å². The summed E-state index contributed by atoms with van der Waals surface area (Å²) in [6.45, 7) is 6.24. The van der Waals surface area contributed by atoms with Gasteiger partial charge in [0.15, 0.2) is 4.80 Å². The highest BCUT2D eigenvalue weighted by Gasteiger charge is 2.33. The summed E-state index contributed by atoms with van der Waals surface area (Å²) in [7, 11) is 0. The summed E-state index contributed by atoms with van der Waals surface area (Å²) in [5.41, 5.74) is 2.59. The van der Waals surface area contributed by atoms with Crippen LogP contribution in [0.4, 0.5) is 4.39 Å². The number of nitrogens with zero attached hydrogens (tertiary/aromatic N) is 2. The molecular formula is C32H27FI2N2O5S. The van der Waals surface area contributed by atoms with Crippen LogP contribution in [0.3, 0.4) is 0 Å². The van der Waals surface area contributed by atoms with Crippen LogP contribution in [0.1, 0.15) is 43.5 Å². The van der Waals surface area contributed by atoms with Crippen molar-refractivity contribution in [1.82, 2.24) is 4.57 Å². The molecular weight excluding hydrogens is 797 g/mol. The maximum absolute atomic E-state index is 14.1. The highest BCUT2D eigenvalue weighted by atomic mass is 127. The quantitative estimate of drug-likeness (QED) is 0.150. The minimum atomic E-state index is -0.706. The topological polar surface area (TPSA) is 79.1 Å². The van der Waals surface area contributed by atoms with Gasteiger partial charge in [0.2, 0.25) is 0 Å². The second-order valence-corrected chi connectivity index (χ2v) is 12.8. The van der Waals surface area contributed by atoms with Crippen LogP contribution in [0.2, 0.25) is 0 Å². The summed E-state index contributed by atoms with van der Waals surface area (Å²) in [4.78, 5) is 32.2. The first kappa shape index (κ1) is 31.4. The second-order valence-electron chi connectivity index (χ2n) is 9.50. The van der Waals surface area contributed by atoms with Gasteiger partial charge < -0.3 is 14.2 Å². The van der Waals surface area contributed by atoms with Gasteiger partial charge in [-0.3, -0.25) is 9.36 Å². The number of esters is 1. The SMILES string of the molecule is CCOC(=O)C1=C(C)N=c2s/c(=C/c3cc(I)c(OCc4ccccc4F)c(I)c3)c(=O)n2[C@@H]1c1ccc(OCC)cc1. The van der Waals surface area contributed by atoms with Crippen LogP contribution in [-0.2, 0) is 16.1 Å². The average molecular weight is 824 g/mol. The van der Waals surface area contributed by atoms with Crippen LogP contribution < -0.4 is 24.4 Å². The smallest absolute Gasteiger partial charge is 0.338 e. The van der Waals surface area contributed by atoms with Gasteiger partial charge in [0.25, 0.3) is 5.56 Å². The fraction of sp³-hybridized carbons (Fsp3) is 0.219. The van der Waals surface area contributed by atoms with Crippen molar-refractivity contribution < 1.29 is 23.4 Å². The van der Waals surface area contributed by atoms with Gasteiger partial charge in [-0.25, -0.2) is 14.2 Å². The number of benzene rings is 3. The molecule has 43 heavy (non-hydrogen) atoms. The van der Waals surface area contributed by atoms with E-state index in [2.05, 4.69) is 50.2 Å². The first-order valence-corrected chi connectivity index (χ1v) is 16.5. The van der Waals surface area contributed by atoms with E-state index in [-0.39, 0.29) is 24.6 Å². The first-order chi connectivity index (χ1) is 20.7. The molecule has 1 aliphatic heterocycles. The summed E-state index contributed by atoms with van der Waals surface area (Å²) in [6.07, 6.45) is 1.81. The molecule has 2 heterocycles. The van der Waals surface area contributed by atoms with E-state index < -0.39 is 12.0 Å². The van der Waals surface area contributed by atoms with Gasteiger partial charge in [0.05, 0.1) is 42.2 Å². The molecule has 0 fully saturated rings. The predicted molar refractivity (Wildman–Crippen MR) is 181 cm³/mol. The van der Waals surface area contributed by atoms with Crippen LogP contribution in [0, 0.1) is 13.0 Å². The minimum Gasteiger partial charge on any atom is -0.494 e. The molecule has 0 bridgehead atoms. The summed E-state index contributed by atoms with van der Waals surface area (Å²) in [5.74, 6) is 0.521. The van der Waals surface area contributed by atoms with Gasteiger partial charge in [-0.05, 0) is 113 Å².